The quantitative estimate of drug-likeness (QED) is 0.660. The Morgan fingerprint density at radius 3 is 2.25 bits per heavy atom. The standard InChI is InChI=1S/C20H21NO7/c1-2-26-19(24)13-21(20(25)28-17-6-4-3-5-7-17)12-15-8-10-16(11-9-15)27-14-18(22)23/h3-11H,2,12-14H2,1H3,(H,22,23). The van der Waals surface area contributed by atoms with Gasteiger partial charge in [0.2, 0.25) is 0 Å². The topological polar surface area (TPSA) is 102 Å². The van der Waals surface area contributed by atoms with Crippen molar-refractivity contribution in [2.24, 2.45) is 0 Å². The number of rotatable bonds is 9. The largest absolute Gasteiger partial charge is 0.482 e. The molecule has 0 saturated heterocycles. The molecule has 0 bridgehead atoms. The zero-order valence-electron chi connectivity index (χ0n) is 15.4. The molecule has 0 radical (unpaired) electrons. The lowest BCUT2D eigenvalue weighted by atomic mass is 10.2. The molecule has 1 amide bonds. The summed E-state index contributed by atoms with van der Waals surface area (Å²) in [7, 11) is 0. The number of ether oxygens (including phenoxy) is 3. The van der Waals surface area contributed by atoms with Crippen LogP contribution in [0.3, 0.4) is 0 Å². The van der Waals surface area contributed by atoms with Gasteiger partial charge in [-0.2, -0.15) is 0 Å². The summed E-state index contributed by atoms with van der Waals surface area (Å²) in [6, 6.07) is 15.0. The SMILES string of the molecule is CCOC(=O)CN(Cc1ccc(OCC(=O)O)cc1)C(=O)Oc1ccccc1. The van der Waals surface area contributed by atoms with Crippen LogP contribution in [0.15, 0.2) is 54.6 Å². The van der Waals surface area contributed by atoms with Crippen molar-refractivity contribution in [2.75, 3.05) is 19.8 Å². The summed E-state index contributed by atoms with van der Waals surface area (Å²) in [6.07, 6.45) is -0.689. The molecule has 0 aliphatic heterocycles. The third-order valence-electron chi connectivity index (χ3n) is 3.49. The smallest absolute Gasteiger partial charge is 0.416 e. The zero-order chi connectivity index (χ0) is 20.4. The first-order valence-corrected chi connectivity index (χ1v) is 8.59. The molecule has 148 valence electrons. The lowest BCUT2D eigenvalue weighted by Gasteiger charge is -2.21. The number of carbonyl (C=O) groups excluding carboxylic acids is 2. The van der Waals surface area contributed by atoms with Crippen LogP contribution in [0.2, 0.25) is 0 Å². The van der Waals surface area contributed by atoms with Crippen molar-refractivity contribution in [3.8, 4) is 11.5 Å². The fourth-order valence-corrected chi connectivity index (χ4v) is 2.26. The van der Waals surface area contributed by atoms with Crippen LogP contribution in [0, 0.1) is 0 Å². The predicted octanol–water partition coefficient (Wildman–Crippen LogP) is 2.71. The van der Waals surface area contributed by atoms with Gasteiger partial charge in [-0.1, -0.05) is 30.3 Å². The molecule has 0 saturated carbocycles. The third-order valence-corrected chi connectivity index (χ3v) is 3.49. The van der Waals surface area contributed by atoms with E-state index in [-0.39, 0.29) is 19.7 Å². The van der Waals surface area contributed by atoms with E-state index in [9.17, 15) is 14.4 Å². The van der Waals surface area contributed by atoms with E-state index in [4.69, 9.17) is 19.3 Å². The van der Waals surface area contributed by atoms with Gasteiger partial charge in [-0.3, -0.25) is 9.69 Å². The summed E-state index contributed by atoms with van der Waals surface area (Å²) >= 11 is 0. The number of hydrogen-bond donors (Lipinski definition) is 1. The Labute approximate surface area is 162 Å². The third kappa shape index (κ3) is 6.99. The highest BCUT2D eigenvalue weighted by Crippen LogP contribution is 2.16. The minimum Gasteiger partial charge on any atom is -0.482 e. The van der Waals surface area contributed by atoms with Crippen LogP contribution in [-0.2, 0) is 20.9 Å². The number of benzene rings is 2. The van der Waals surface area contributed by atoms with Crippen molar-refractivity contribution in [3.63, 3.8) is 0 Å². The number of carboxylic acid groups (broad SMARTS) is 1. The summed E-state index contributed by atoms with van der Waals surface area (Å²) in [4.78, 5) is 36.1. The van der Waals surface area contributed by atoms with Gasteiger partial charge in [0.1, 0.15) is 18.0 Å². The van der Waals surface area contributed by atoms with Crippen LogP contribution in [0.5, 0.6) is 11.5 Å². The van der Waals surface area contributed by atoms with Gasteiger partial charge in [-0.25, -0.2) is 9.59 Å². The number of para-hydroxylation sites is 1. The molecule has 0 fully saturated rings. The number of aliphatic carboxylic acids is 1. The van der Waals surface area contributed by atoms with E-state index in [1.807, 2.05) is 0 Å². The van der Waals surface area contributed by atoms with E-state index in [0.29, 0.717) is 17.1 Å². The molecule has 0 heterocycles. The minimum atomic E-state index is -1.08. The second-order valence-electron chi connectivity index (χ2n) is 5.67. The molecule has 2 aromatic rings. The minimum absolute atomic E-state index is 0.101. The number of esters is 1. The Morgan fingerprint density at radius 1 is 0.964 bits per heavy atom. The van der Waals surface area contributed by atoms with Crippen LogP contribution in [0.4, 0.5) is 4.79 Å². The van der Waals surface area contributed by atoms with E-state index in [2.05, 4.69) is 0 Å². The lowest BCUT2D eigenvalue weighted by Crippen LogP contribution is -2.38. The Hall–Kier alpha value is -3.55. The summed E-state index contributed by atoms with van der Waals surface area (Å²) < 4.78 is 15.3. The molecule has 2 rings (SSSR count). The van der Waals surface area contributed by atoms with Crippen molar-refractivity contribution in [1.82, 2.24) is 4.90 Å². The van der Waals surface area contributed by atoms with Crippen molar-refractivity contribution >= 4 is 18.0 Å². The van der Waals surface area contributed by atoms with Gasteiger partial charge < -0.3 is 19.3 Å². The molecule has 0 spiro atoms. The Bertz CT molecular complexity index is 790. The van der Waals surface area contributed by atoms with Crippen molar-refractivity contribution in [3.05, 3.63) is 60.2 Å². The lowest BCUT2D eigenvalue weighted by molar-refractivity contribution is -0.144. The molecule has 0 aliphatic rings. The molecule has 8 heteroatoms. The average molecular weight is 387 g/mol. The number of carboxylic acids is 1. The fraction of sp³-hybridized carbons (Fsp3) is 0.250. The maximum atomic E-state index is 12.5. The number of nitrogens with zero attached hydrogens (tertiary/aromatic N) is 1. The number of amides is 1. The summed E-state index contributed by atoms with van der Waals surface area (Å²) in [5.74, 6) is -0.879. The molecule has 0 aromatic heterocycles. The normalized spacial score (nSPS) is 10.0. The molecular formula is C20H21NO7. The molecule has 8 nitrogen and oxygen atoms in total. The molecule has 0 aliphatic carbocycles. The highest BCUT2D eigenvalue weighted by atomic mass is 16.6. The van der Waals surface area contributed by atoms with Gasteiger partial charge >= 0.3 is 18.0 Å². The molecule has 0 atom stereocenters. The molecule has 28 heavy (non-hydrogen) atoms. The molecule has 2 aromatic carbocycles. The highest BCUT2D eigenvalue weighted by molar-refractivity contribution is 5.79. The first-order chi connectivity index (χ1) is 13.5. The number of hydrogen-bond acceptors (Lipinski definition) is 6. The highest BCUT2D eigenvalue weighted by Gasteiger charge is 2.20. The number of carbonyl (C=O) groups is 3. The summed E-state index contributed by atoms with van der Waals surface area (Å²) in [5, 5.41) is 8.63. The fourth-order valence-electron chi connectivity index (χ4n) is 2.26. The first kappa shape index (κ1) is 20.8. The first-order valence-electron chi connectivity index (χ1n) is 8.59. The maximum absolute atomic E-state index is 12.5. The van der Waals surface area contributed by atoms with E-state index in [1.165, 1.54) is 4.90 Å². The van der Waals surface area contributed by atoms with Crippen molar-refractivity contribution < 1.29 is 33.7 Å². The maximum Gasteiger partial charge on any atom is 0.416 e. The van der Waals surface area contributed by atoms with Crippen LogP contribution >= 0.6 is 0 Å². The van der Waals surface area contributed by atoms with Crippen LogP contribution in [-0.4, -0.2) is 47.8 Å². The van der Waals surface area contributed by atoms with Gasteiger partial charge in [-0.05, 0) is 36.8 Å². The Morgan fingerprint density at radius 2 is 1.64 bits per heavy atom. The van der Waals surface area contributed by atoms with Crippen molar-refractivity contribution in [2.45, 2.75) is 13.5 Å². The second-order valence-corrected chi connectivity index (χ2v) is 5.67. The van der Waals surface area contributed by atoms with E-state index in [0.717, 1.165) is 0 Å². The van der Waals surface area contributed by atoms with Gasteiger partial charge in [0.25, 0.3) is 0 Å². The molecular weight excluding hydrogens is 366 g/mol. The van der Waals surface area contributed by atoms with E-state index in [1.54, 1.807) is 61.5 Å². The van der Waals surface area contributed by atoms with E-state index < -0.39 is 24.6 Å². The predicted molar refractivity (Wildman–Crippen MR) is 99.1 cm³/mol. The van der Waals surface area contributed by atoms with Crippen molar-refractivity contribution in [1.29, 1.82) is 0 Å². The van der Waals surface area contributed by atoms with Gasteiger partial charge in [-0.15, -0.1) is 0 Å². The van der Waals surface area contributed by atoms with Crippen LogP contribution < -0.4 is 9.47 Å². The monoisotopic (exact) mass is 387 g/mol. The van der Waals surface area contributed by atoms with Crippen LogP contribution in [0.25, 0.3) is 0 Å². The van der Waals surface area contributed by atoms with Crippen LogP contribution in [0.1, 0.15) is 12.5 Å². The Kier molecular flexibility index (Phi) is 7.83. The van der Waals surface area contributed by atoms with E-state index >= 15 is 0 Å². The summed E-state index contributed by atoms with van der Waals surface area (Å²) in [5.41, 5.74) is 0.706. The molecule has 0 unspecified atom stereocenters. The summed E-state index contributed by atoms with van der Waals surface area (Å²) in [6.45, 7) is 1.27. The molecule has 1 N–H and O–H groups in total. The Balaban J connectivity index is 2.06. The zero-order valence-corrected chi connectivity index (χ0v) is 15.4. The van der Waals surface area contributed by atoms with Gasteiger partial charge in [0.05, 0.1) is 6.61 Å². The van der Waals surface area contributed by atoms with Gasteiger partial charge in [0, 0.05) is 6.54 Å². The van der Waals surface area contributed by atoms with Gasteiger partial charge in [0.15, 0.2) is 6.61 Å². The second kappa shape index (κ2) is 10.6. The average Bonchev–Trinajstić information content (AvgIpc) is 2.68.